The van der Waals surface area contributed by atoms with E-state index >= 15 is 0 Å². The number of benzene rings is 3. The van der Waals surface area contributed by atoms with Crippen LogP contribution >= 0.6 is 0 Å². The summed E-state index contributed by atoms with van der Waals surface area (Å²) in [6.07, 6.45) is 1.74. The molecule has 0 aliphatic heterocycles. The van der Waals surface area contributed by atoms with E-state index in [2.05, 4.69) is 4.99 Å². The van der Waals surface area contributed by atoms with Gasteiger partial charge in [0.1, 0.15) is 5.75 Å². The molecular formula is C23H16N2O3. The van der Waals surface area contributed by atoms with Gasteiger partial charge in [-0.25, -0.2) is 4.40 Å². The van der Waals surface area contributed by atoms with Gasteiger partial charge in [0.15, 0.2) is 5.58 Å². The van der Waals surface area contributed by atoms with Gasteiger partial charge in [-0.3, -0.25) is 9.79 Å². The van der Waals surface area contributed by atoms with Crippen LogP contribution in [0.25, 0.3) is 27.6 Å². The average Bonchev–Trinajstić information content (AvgIpc) is 3.13. The lowest BCUT2D eigenvalue weighted by Crippen LogP contribution is -2.14. The minimum Gasteiger partial charge on any atom is -0.497 e. The number of rotatable bonds is 3. The van der Waals surface area contributed by atoms with E-state index < -0.39 is 0 Å². The lowest BCUT2D eigenvalue weighted by molar-refractivity contribution is 0.415. The average molecular weight is 368 g/mol. The first-order valence-corrected chi connectivity index (χ1v) is 8.89. The molecule has 0 atom stereocenters. The topological polar surface area (TPSA) is 56.2 Å². The molecule has 0 fully saturated rings. The number of pyridine rings is 1. The predicted octanol–water partition coefficient (Wildman–Crippen LogP) is 4.96. The Kier molecular flexibility index (Phi) is 3.72. The molecule has 2 aromatic heterocycles. The number of methoxy groups -OCH3 is 1. The number of oxazole rings is 1. The molecule has 0 aliphatic carbocycles. The lowest BCUT2D eigenvalue weighted by Gasteiger charge is -2.04. The Hall–Kier alpha value is -3.86. The second-order valence-corrected chi connectivity index (χ2v) is 6.43. The molecule has 28 heavy (non-hydrogen) atoms. The van der Waals surface area contributed by atoms with Crippen LogP contribution in [0.2, 0.25) is 0 Å². The first-order chi connectivity index (χ1) is 13.8. The SMILES string of the molecule is COc1cccc(N=Cc2c3ccccc3c(=O)n3c2oc2ccccc23)c1. The van der Waals surface area contributed by atoms with Crippen LogP contribution in [0.3, 0.4) is 0 Å². The zero-order valence-electron chi connectivity index (χ0n) is 15.1. The fourth-order valence-electron chi connectivity index (χ4n) is 3.46. The van der Waals surface area contributed by atoms with Crippen LogP contribution in [0.4, 0.5) is 5.69 Å². The summed E-state index contributed by atoms with van der Waals surface area (Å²) in [5.74, 6) is 0.734. The third-order valence-electron chi connectivity index (χ3n) is 4.79. The van der Waals surface area contributed by atoms with E-state index in [9.17, 15) is 4.79 Å². The van der Waals surface area contributed by atoms with Gasteiger partial charge in [-0.2, -0.15) is 0 Å². The number of nitrogens with zero attached hydrogens (tertiary/aromatic N) is 2. The van der Waals surface area contributed by atoms with Crippen LogP contribution in [0, 0.1) is 0 Å². The summed E-state index contributed by atoms with van der Waals surface area (Å²) >= 11 is 0. The first kappa shape index (κ1) is 16.3. The van der Waals surface area contributed by atoms with E-state index in [4.69, 9.17) is 9.15 Å². The maximum atomic E-state index is 13.1. The molecule has 5 heteroatoms. The van der Waals surface area contributed by atoms with Gasteiger partial charge in [0.2, 0.25) is 5.71 Å². The van der Waals surface area contributed by atoms with Gasteiger partial charge in [-0.15, -0.1) is 0 Å². The van der Waals surface area contributed by atoms with Crippen LogP contribution in [0.1, 0.15) is 5.56 Å². The van der Waals surface area contributed by atoms with Crippen molar-refractivity contribution in [3.8, 4) is 5.75 Å². The molecule has 0 aliphatic rings. The van der Waals surface area contributed by atoms with E-state index in [1.165, 1.54) is 0 Å². The minimum atomic E-state index is -0.103. The highest BCUT2D eigenvalue weighted by Crippen LogP contribution is 2.26. The molecule has 2 heterocycles. The summed E-state index contributed by atoms with van der Waals surface area (Å²) in [7, 11) is 1.62. The second-order valence-electron chi connectivity index (χ2n) is 6.43. The molecule has 0 saturated carbocycles. The normalized spacial score (nSPS) is 11.8. The molecule has 3 aromatic carbocycles. The molecule has 0 unspecified atom stereocenters. The van der Waals surface area contributed by atoms with Crippen molar-refractivity contribution >= 4 is 39.5 Å². The minimum absolute atomic E-state index is 0.103. The van der Waals surface area contributed by atoms with E-state index in [1.54, 1.807) is 17.7 Å². The molecule has 136 valence electrons. The zero-order valence-corrected chi connectivity index (χ0v) is 15.1. The van der Waals surface area contributed by atoms with Crippen LogP contribution < -0.4 is 10.3 Å². The van der Waals surface area contributed by atoms with Crippen LogP contribution in [-0.2, 0) is 0 Å². The van der Waals surface area contributed by atoms with E-state index in [-0.39, 0.29) is 5.56 Å². The van der Waals surface area contributed by atoms with Gasteiger partial charge < -0.3 is 9.15 Å². The van der Waals surface area contributed by atoms with Crippen molar-refractivity contribution in [2.24, 2.45) is 4.99 Å². The molecule has 5 aromatic rings. The number of ether oxygens (including phenoxy) is 1. The third kappa shape index (κ3) is 2.48. The van der Waals surface area contributed by atoms with Crippen molar-refractivity contribution in [1.82, 2.24) is 4.40 Å². The van der Waals surface area contributed by atoms with Crippen molar-refractivity contribution in [3.05, 3.63) is 88.7 Å². The summed E-state index contributed by atoms with van der Waals surface area (Å²) in [4.78, 5) is 17.7. The summed E-state index contributed by atoms with van der Waals surface area (Å²) < 4.78 is 12.9. The Labute approximate surface area is 160 Å². The highest BCUT2D eigenvalue weighted by atomic mass is 16.5. The maximum Gasteiger partial charge on any atom is 0.265 e. The molecular weight excluding hydrogens is 352 g/mol. The first-order valence-electron chi connectivity index (χ1n) is 8.89. The van der Waals surface area contributed by atoms with Crippen molar-refractivity contribution < 1.29 is 9.15 Å². The number of aromatic nitrogens is 1. The summed E-state index contributed by atoms with van der Waals surface area (Å²) in [6, 6.07) is 22.5. The van der Waals surface area contributed by atoms with Gasteiger partial charge in [-0.05, 0) is 30.3 Å². The van der Waals surface area contributed by atoms with Gasteiger partial charge in [0, 0.05) is 23.1 Å². The molecule has 0 spiro atoms. The van der Waals surface area contributed by atoms with E-state index in [1.807, 2.05) is 72.8 Å². The quantitative estimate of drug-likeness (QED) is 0.423. The van der Waals surface area contributed by atoms with Gasteiger partial charge in [-0.1, -0.05) is 36.4 Å². The fraction of sp³-hybridized carbons (Fsp3) is 0.0435. The number of hydrogen-bond donors (Lipinski definition) is 0. The van der Waals surface area contributed by atoms with E-state index in [0.29, 0.717) is 16.7 Å². The summed E-state index contributed by atoms with van der Waals surface area (Å²) in [6.45, 7) is 0. The van der Waals surface area contributed by atoms with Crippen LogP contribution in [0.5, 0.6) is 5.75 Å². The van der Waals surface area contributed by atoms with Gasteiger partial charge >= 0.3 is 0 Å². The smallest absolute Gasteiger partial charge is 0.265 e. The molecule has 0 amide bonds. The van der Waals surface area contributed by atoms with Crippen LogP contribution in [-0.4, -0.2) is 17.7 Å². The lowest BCUT2D eigenvalue weighted by atomic mass is 10.1. The Bertz CT molecular complexity index is 1430. The Morgan fingerprint density at radius 3 is 2.61 bits per heavy atom. The monoisotopic (exact) mass is 368 g/mol. The van der Waals surface area contributed by atoms with Crippen LogP contribution in [0.15, 0.2) is 87.0 Å². The number of hydrogen-bond acceptors (Lipinski definition) is 4. The second kappa shape index (κ2) is 6.39. The Morgan fingerprint density at radius 1 is 0.964 bits per heavy atom. The van der Waals surface area contributed by atoms with Gasteiger partial charge in [0.25, 0.3) is 5.56 Å². The zero-order chi connectivity index (χ0) is 19.1. The largest absolute Gasteiger partial charge is 0.497 e. The fourth-order valence-corrected chi connectivity index (χ4v) is 3.46. The molecule has 5 rings (SSSR count). The molecule has 5 nitrogen and oxygen atoms in total. The Morgan fingerprint density at radius 2 is 1.75 bits per heavy atom. The molecule has 0 saturated heterocycles. The number of aliphatic imine (C=N–C) groups is 1. The Balaban J connectivity index is 1.84. The van der Waals surface area contributed by atoms with E-state index in [0.717, 1.165) is 27.9 Å². The number of fused-ring (bicyclic) bond motifs is 4. The third-order valence-corrected chi connectivity index (χ3v) is 4.79. The van der Waals surface area contributed by atoms with Crippen molar-refractivity contribution in [1.29, 1.82) is 0 Å². The van der Waals surface area contributed by atoms with Crippen molar-refractivity contribution in [2.75, 3.05) is 7.11 Å². The molecule has 0 N–H and O–H groups in total. The highest BCUT2D eigenvalue weighted by molar-refractivity contribution is 6.06. The highest BCUT2D eigenvalue weighted by Gasteiger charge is 2.16. The summed E-state index contributed by atoms with van der Waals surface area (Å²) in [5.41, 5.74) is 3.29. The van der Waals surface area contributed by atoms with Gasteiger partial charge in [0.05, 0.1) is 23.9 Å². The summed E-state index contributed by atoms with van der Waals surface area (Å²) in [5, 5.41) is 1.43. The molecule has 0 bridgehead atoms. The number of para-hydroxylation sites is 2. The maximum absolute atomic E-state index is 13.1. The predicted molar refractivity (Wildman–Crippen MR) is 111 cm³/mol. The standard InChI is InChI=1S/C23H16N2O3/c1-27-16-8-6-7-15(13-16)24-14-19-17-9-2-3-10-18(17)22(26)25-20-11-4-5-12-21(20)28-23(19)25/h2-14H,1H3. The molecule has 0 radical (unpaired) electrons. The van der Waals surface area contributed by atoms with Crippen molar-refractivity contribution in [3.63, 3.8) is 0 Å². The van der Waals surface area contributed by atoms with Crippen molar-refractivity contribution in [2.45, 2.75) is 0 Å².